The standard InChI is InChI=1S/C25H22BrCl2N3O4/c1-3-34-22-11-16(13-29-31-25(33)17-6-4-15(2)5-7-17)10-19(26)24(22)35-14-23(32)30-18-8-9-20(27)21(28)12-18/h4-13H,3,14H2,1-2H3,(H,30,32)(H,31,33)/b29-13+. The van der Waals surface area contributed by atoms with Gasteiger partial charge in [-0.05, 0) is 77.8 Å². The van der Waals surface area contributed by atoms with Gasteiger partial charge in [-0.25, -0.2) is 5.43 Å². The summed E-state index contributed by atoms with van der Waals surface area (Å²) < 4.78 is 11.9. The van der Waals surface area contributed by atoms with Crippen LogP contribution in [0.1, 0.15) is 28.4 Å². The molecule has 0 bridgehead atoms. The summed E-state index contributed by atoms with van der Waals surface area (Å²) in [6.07, 6.45) is 1.49. The van der Waals surface area contributed by atoms with Gasteiger partial charge in [-0.3, -0.25) is 9.59 Å². The maximum absolute atomic E-state index is 12.3. The number of hydrogen-bond acceptors (Lipinski definition) is 5. The van der Waals surface area contributed by atoms with Gasteiger partial charge < -0.3 is 14.8 Å². The molecule has 0 fully saturated rings. The number of nitrogens with one attached hydrogen (secondary N) is 2. The minimum absolute atomic E-state index is 0.265. The predicted molar refractivity (Wildman–Crippen MR) is 142 cm³/mol. The fourth-order valence-corrected chi connectivity index (χ4v) is 3.78. The van der Waals surface area contributed by atoms with E-state index in [2.05, 4.69) is 31.8 Å². The maximum Gasteiger partial charge on any atom is 0.271 e. The van der Waals surface area contributed by atoms with E-state index in [0.29, 0.717) is 49.4 Å². The average molecular weight is 579 g/mol. The fraction of sp³-hybridized carbons (Fsp3) is 0.160. The zero-order valence-electron chi connectivity index (χ0n) is 18.9. The molecule has 0 heterocycles. The lowest BCUT2D eigenvalue weighted by molar-refractivity contribution is -0.118. The third-order valence-corrected chi connectivity index (χ3v) is 5.90. The fourth-order valence-electron chi connectivity index (χ4n) is 2.91. The molecule has 0 aromatic heterocycles. The van der Waals surface area contributed by atoms with Gasteiger partial charge in [0.1, 0.15) is 0 Å². The van der Waals surface area contributed by atoms with Gasteiger partial charge in [-0.1, -0.05) is 40.9 Å². The second-order valence-electron chi connectivity index (χ2n) is 7.29. The van der Waals surface area contributed by atoms with Gasteiger partial charge in [0, 0.05) is 11.3 Å². The summed E-state index contributed by atoms with van der Waals surface area (Å²) in [5, 5.41) is 7.44. The predicted octanol–water partition coefficient (Wildman–Crippen LogP) is 6.24. The van der Waals surface area contributed by atoms with Crippen LogP contribution in [0.4, 0.5) is 5.69 Å². The van der Waals surface area contributed by atoms with Crippen LogP contribution in [-0.2, 0) is 4.79 Å². The molecule has 3 rings (SSSR count). The van der Waals surface area contributed by atoms with Gasteiger partial charge >= 0.3 is 0 Å². The summed E-state index contributed by atoms with van der Waals surface area (Å²) in [5.74, 6) is 0.0629. The molecule has 0 saturated carbocycles. The van der Waals surface area contributed by atoms with Crippen LogP contribution in [0, 0.1) is 6.92 Å². The van der Waals surface area contributed by atoms with Gasteiger partial charge in [-0.15, -0.1) is 0 Å². The van der Waals surface area contributed by atoms with Crippen molar-refractivity contribution in [3.63, 3.8) is 0 Å². The summed E-state index contributed by atoms with van der Waals surface area (Å²) in [6.45, 7) is 3.89. The highest BCUT2D eigenvalue weighted by Crippen LogP contribution is 2.36. The lowest BCUT2D eigenvalue weighted by atomic mass is 10.1. The van der Waals surface area contributed by atoms with Crippen LogP contribution in [0.2, 0.25) is 10.0 Å². The molecule has 0 aliphatic carbocycles. The molecule has 2 amide bonds. The lowest BCUT2D eigenvalue weighted by Crippen LogP contribution is -2.20. The van der Waals surface area contributed by atoms with Gasteiger partial charge in [0.05, 0.1) is 27.3 Å². The number of carbonyl (C=O) groups excluding carboxylic acids is 2. The highest BCUT2D eigenvalue weighted by molar-refractivity contribution is 9.10. The van der Waals surface area contributed by atoms with E-state index < -0.39 is 0 Å². The normalized spacial score (nSPS) is 10.8. The summed E-state index contributed by atoms with van der Waals surface area (Å²) in [7, 11) is 0. The van der Waals surface area contributed by atoms with Crippen molar-refractivity contribution in [1.82, 2.24) is 5.43 Å². The van der Waals surface area contributed by atoms with Crippen LogP contribution in [0.15, 0.2) is 64.2 Å². The largest absolute Gasteiger partial charge is 0.490 e. The summed E-state index contributed by atoms with van der Waals surface area (Å²) in [6, 6.07) is 15.4. The Labute approximate surface area is 221 Å². The molecular formula is C25H22BrCl2N3O4. The van der Waals surface area contributed by atoms with E-state index in [-0.39, 0.29) is 18.4 Å². The van der Waals surface area contributed by atoms with E-state index in [1.165, 1.54) is 6.21 Å². The van der Waals surface area contributed by atoms with E-state index in [4.69, 9.17) is 32.7 Å². The number of amides is 2. The van der Waals surface area contributed by atoms with Crippen molar-refractivity contribution in [1.29, 1.82) is 0 Å². The molecule has 0 aliphatic rings. The van der Waals surface area contributed by atoms with Crippen molar-refractivity contribution >= 4 is 62.8 Å². The highest BCUT2D eigenvalue weighted by Gasteiger charge is 2.14. The number of nitrogens with zero attached hydrogens (tertiary/aromatic N) is 1. The summed E-state index contributed by atoms with van der Waals surface area (Å²) in [5.41, 5.74) is 5.21. The van der Waals surface area contributed by atoms with E-state index in [9.17, 15) is 9.59 Å². The van der Waals surface area contributed by atoms with E-state index in [1.807, 2.05) is 26.0 Å². The Morgan fingerprint density at radius 2 is 1.77 bits per heavy atom. The summed E-state index contributed by atoms with van der Waals surface area (Å²) >= 11 is 15.3. The van der Waals surface area contributed by atoms with E-state index in [0.717, 1.165) is 5.56 Å². The van der Waals surface area contributed by atoms with Crippen molar-refractivity contribution in [3.05, 3.63) is 85.8 Å². The lowest BCUT2D eigenvalue weighted by Gasteiger charge is -2.14. The molecule has 0 spiro atoms. The minimum Gasteiger partial charge on any atom is -0.490 e. The number of hydrazone groups is 1. The number of anilines is 1. The molecule has 3 aromatic carbocycles. The van der Waals surface area contributed by atoms with E-state index in [1.54, 1.807) is 42.5 Å². The molecule has 0 radical (unpaired) electrons. The van der Waals surface area contributed by atoms with E-state index >= 15 is 0 Å². The zero-order chi connectivity index (χ0) is 25.4. The first-order valence-corrected chi connectivity index (χ1v) is 12.1. The SMILES string of the molecule is CCOc1cc(/C=N/NC(=O)c2ccc(C)cc2)cc(Br)c1OCC(=O)Nc1ccc(Cl)c(Cl)c1. The number of rotatable bonds is 9. The van der Waals surface area contributed by atoms with Gasteiger partial charge in [0.15, 0.2) is 18.1 Å². The molecule has 182 valence electrons. The number of carbonyl (C=O) groups is 2. The summed E-state index contributed by atoms with van der Waals surface area (Å²) in [4.78, 5) is 24.6. The molecular weight excluding hydrogens is 557 g/mol. The second kappa shape index (κ2) is 12.6. The van der Waals surface area contributed by atoms with Crippen LogP contribution in [0.3, 0.4) is 0 Å². The van der Waals surface area contributed by atoms with Crippen molar-refractivity contribution in [3.8, 4) is 11.5 Å². The molecule has 10 heteroatoms. The molecule has 2 N–H and O–H groups in total. The smallest absolute Gasteiger partial charge is 0.271 e. The Bertz CT molecular complexity index is 1250. The Morgan fingerprint density at radius 1 is 1.03 bits per heavy atom. The Kier molecular flexibility index (Phi) is 9.54. The second-order valence-corrected chi connectivity index (χ2v) is 8.96. The van der Waals surface area contributed by atoms with Crippen LogP contribution in [0.5, 0.6) is 11.5 Å². The monoisotopic (exact) mass is 577 g/mol. The van der Waals surface area contributed by atoms with Crippen LogP contribution in [-0.4, -0.2) is 31.2 Å². The maximum atomic E-state index is 12.3. The molecule has 0 saturated heterocycles. The van der Waals surface area contributed by atoms with Crippen molar-refractivity contribution in [2.24, 2.45) is 5.10 Å². The van der Waals surface area contributed by atoms with Gasteiger partial charge in [0.2, 0.25) is 0 Å². The molecule has 0 atom stereocenters. The molecule has 0 aliphatic heterocycles. The number of hydrogen-bond donors (Lipinski definition) is 2. The zero-order valence-corrected chi connectivity index (χ0v) is 22.0. The third kappa shape index (κ3) is 7.71. The topological polar surface area (TPSA) is 89.0 Å². The van der Waals surface area contributed by atoms with Crippen LogP contribution >= 0.6 is 39.1 Å². The Hall–Kier alpha value is -3.07. The highest BCUT2D eigenvalue weighted by atomic mass is 79.9. The first-order chi connectivity index (χ1) is 16.8. The molecule has 7 nitrogen and oxygen atoms in total. The van der Waals surface area contributed by atoms with Crippen molar-refractivity contribution < 1.29 is 19.1 Å². The molecule has 0 unspecified atom stereocenters. The van der Waals surface area contributed by atoms with Crippen LogP contribution in [0.25, 0.3) is 0 Å². The average Bonchev–Trinajstić information content (AvgIpc) is 2.81. The Morgan fingerprint density at radius 3 is 2.46 bits per heavy atom. The Balaban J connectivity index is 1.65. The van der Waals surface area contributed by atoms with Gasteiger partial charge in [0.25, 0.3) is 11.8 Å². The van der Waals surface area contributed by atoms with Crippen molar-refractivity contribution in [2.75, 3.05) is 18.5 Å². The minimum atomic E-state index is -0.387. The molecule has 3 aromatic rings. The number of benzene rings is 3. The quantitative estimate of drug-likeness (QED) is 0.232. The third-order valence-electron chi connectivity index (χ3n) is 4.58. The van der Waals surface area contributed by atoms with Crippen molar-refractivity contribution in [2.45, 2.75) is 13.8 Å². The number of ether oxygens (including phenoxy) is 2. The molecule has 35 heavy (non-hydrogen) atoms. The van der Waals surface area contributed by atoms with Gasteiger partial charge in [-0.2, -0.15) is 5.10 Å². The first-order valence-electron chi connectivity index (χ1n) is 10.5. The number of halogens is 3. The number of aryl methyl sites for hydroxylation is 1. The first kappa shape index (κ1) is 26.5. The van der Waals surface area contributed by atoms with Crippen LogP contribution < -0.4 is 20.2 Å².